The predicted molar refractivity (Wildman–Crippen MR) is 130 cm³/mol. The van der Waals surface area contributed by atoms with Gasteiger partial charge in [0.05, 0.1) is 18.0 Å². The standard InChI is InChI=1S/C23H31N5O4S/c1-15-11-26-22(24)21(18(15)12-25-14-29)28-20(17-7-8-17)10-9-19(23(28)30)27-33(31,32)13-16-5-3-2-4-6-16/h9-10,14,16-17,27H,1-8,11-13H2,(H2,24,26)(H,25,29). The van der Waals surface area contributed by atoms with Gasteiger partial charge in [-0.25, -0.2) is 8.42 Å². The monoisotopic (exact) mass is 473 g/mol. The lowest BCUT2D eigenvalue weighted by molar-refractivity contribution is -0.109. The molecule has 0 atom stereocenters. The Hall–Kier alpha value is -2.88. The van der Waals surface area contributed by atoms with Gasteiger partial charge in [0.2, 0.25) is 16.4 Å². The van der Waals surface area contributed by atoms with Crippen molar-refractivity contribution in [2.45, 2.75) is 50.9 Å². The Bertz CT molecular complexity index is 1170. The van der Waals surface area contributed by atoms with E-state index in [1.165, 1.54) is 4.57 Å². The Morgan fingerprint density at radius 2 is 1.91 bits per heavy atom. The van der Waals surface area contributed by atoms with Crippen LogP contribution in [-0.2, 0) is 14.8 Å². The molecule has 1 aromatic heterocycles. The first-order valence-electron chi connectivity index (χ1n) is 11.5. The molecule has 2 aliphatic carbocycles. The number of carbonyl (C=O) groups is 1. The number of amides is 1. The van der Waals surface area contributed by atoms with Crippen LogP contribution in [0.25, 0.3) is 5.70 Å². The lowest BCUT2D eigenvalue weighted by atomic mass is 9.91. The van der Waals surface area contributed by atoms with E-state index in [0.717, 1.165) is 50.6 Å². The van der Waals surface area contributed by atoms with Crippen molar-refractivity contribution in [1.29, 1.82) is 0 Å². The van der Waals surface area contributed by atoms with Gasteiger partial charge in [-0.05, 0) is 55.2 Å². The molecule has 2 heterocycles. The number of anilines is 1. The van der Waals surface area contributed by atoms with Crippen molar-refractivity contribution in [3.63, 3.8) is 0 Å². The van der Waals surface area contributed by atoms with Crippen molar-refractivity contribution in [2.75, 3.05) is 23.6 Å². The Morgan fingerprint density at radius 1 is 1.18 bits per heavy atom. The van der Waals surface area contributed by atoms with E-state index in [2.05, 4.69) is 21.6 Å². The van der Waals surface area contributed by atoms with Crippen molar-refractivity contribution in [1.82, 2.24) is 9.88 Å². The number of amidine groups is 1. The number of nitrogens with two attached hydrogens (primary N) is 1. The molecule has 0 radical (unpaired) electrons. The van der Waals surface area contributed by atoms with Crippen LogP contribution < -0.4 is 21.3 Å². The Morgan fingerprint density at radius 3 is 2.58 bits per heavy atom. The van der Waals surface area contributed by atoms with Gasteiger partial charge >= 0.3 is 0 Å². The van der Waals surface area contributed by atoms with E-state index in [1.54, 1.807) is 12.1 Å². The average molecular weight is 474 g/mol. The number of rotatable bonds is 9. The number of hydrogen-bond donors (Lipinski definition) is 3. The van der Waals surface area contributed by atoms with Gasteiger partial charge in [0.25, 0.3) is 5.56 Å². The molecule has 1 aromatic rings. The summed E-state index contributed by atoms with van der Waals surface area (Å²) in [5.41, 5.74) is 8.08. The van der Waals surface area contributed by atoms with Gasteiger partial charge in [-0.3, -0.25) is 23.9 Å². The zero-order valence-corrected chi connectivity index (χ0v) is 19.5. The van der Waals surface area contributed by atoms with Gasteiger partial charge in [-0.15, -0.1) is 0 Å². The van der Waals surface area contributed by atoms with E-state index >= 15 is 0 Å². The molecule has 0 saturated heterocycles. The summed E-state index contributed by atoms with van der Waals surface area (Å²) < 4.78 is 29.7. The van der Waals surface area contributed by atoms with Crippen LogP contribution in [0.4, 0.5) is 5.69 Å². The maximum absolute atomic E-state index is 13.6. The number of nitrogens with zero attached hydrogens (tertiary/aromatic N) is 2. The molecule has 1 aliphatic heterocycles. The van der Waals surface area contributed by atoms with Gasteiger partial charge in [-0.2, -0.15) is 0 Å². The fraction of sp³-hybridized carbons (Fsp3) is 0.522. The highest BCUT2D eigenvalue weighted by atomic mass is 32.2. The molecule has 178 valence electrons. The van der Waals surface area contributed by atoms with Gasteiger partial charge < -0.3 is 11.1 Å². The summed E-state index contributed by atoms with van der Waals surface area (Å²) in [6, 6.07) is 3.32. The van der Waals surface area contributed by atoms with Crippen LogP contribution in [0.5, 0.6) is 0 Å². The maximum Gasteiger partial charge on any atom is 0.279 e. The predicted octanol–water partition coefficient (Wildman–Crippen LogP) is 1.93. The summed E-state index contributed by atoms with van der Waals surface area (Å²) in [6.07, 6.45) is 7.43. The quantitative estimate of drug-likeness (QED) is 0.471. The minimum absolute atomic E-state index is 0.00835. The van der Waals surface area contributed by atoms with Crippen LogP contribution in [0.1, 0.15) is 56.6 Å². The number of aliphatic imine (C=N–C) groups is 1. The largest absolute Gasteiger partial charge is 0.382 e. The van der Waals surface area contributed by atoms with Crippen molar-refractivity contribution in [3.05, 3.63) is 45.9 Å². The second-order valence-corrected chi connectivity index (χ2v) is 10.9. The third-order valence-electron chi connectivity index (χ3n) is 6.53. The highest BCUT2D eigenvalue weighted by Crippen LogP contribution is 2.41. The van der Waals surface area contributed by atoms with E-state index in [-0.39, 0.29) is 42.2 Å². The zero-order valence-electron chi connectivity index (χ0n) is 18.7. The summed E-state index contributed by atoms with van der Waals surface area (Å²) in [4.78, 5) is 28.9. The smallest absolute Gasteiger partial charge is 0.279 e. The van der Waals surface area contributed by atoms with Crippen LogP contribution in [-0.4, -0.2) is 44.1 Å². The lowest BCUT2D eigenvalue weighted by Gasteiger charge is -2.25. The minimum Gasteiger partial charge on any atom is -0.382 e. The first-order chi connectivity index (χ1) is 15.8. The van der Waals surface area contributed by atoms with Crippen molar-refractivity contribution in [3.8, 4) is 0 Å². The second-order valence-electron chi connectivity index (χ2n) is 9.11. The summed E-state index contributed by atoms with van der Waals surface area (Å²) >= 11 is 0. The number of carbonyl (C=O) groups excluding carboxylic acids is 1. The zero-order chi connectivity index (χ0) is 23.6. The molecule has 4 rings (SSSR count). The SMILES string of the molecule is C=C1CN=C(N)C(n2c(C3CC3)ccc(NS(=O)(=O)CC3CCCCC3)c2=O)=C1CNC=O. The van der Waals surface area contributed by atoms with Crippen LogP contribution >= 0.6 is 0 Å². The molecule has 33 heavy (non-hydrogen) atoms. The van der Waals surface area contributed by atoms with Crippen LogP contribution in [0.15, 0.2) is 39.6 Å². The third-order valence-corrected chi connectivity index (χ3v) is 7.98. The highest BCUT2D eigenvalue weighted by molar-refractivity contribution is 7.92. The van der Waals surface area contributed by atoms with E-state index in [0.29, 0.717) is 23.3 Å². The molecule has 0 bridgehead atoms. The first-order valence-corrected chi connectivity index (χ1v) is 13.1. The molecule has 2 fully saturated rings. The van der Waals surface area contributed by atoms with E-state index in [9.17, 15) is 18.0 Å². The average Bonchev–Trinajstić information content (AvgIpc) is 3.61. The molecule has 0 unspecified atom stereocenters. The Labute approximate surface area is 193 Å². The fourth-order valence-electron chi connectivity index (χ4n) is 4.71. The number of dihydropyridines is 1. The number of hydrogen-bond acceptors (Lipinski definition) is 6. The van der Waals surface area contributed by atoms with Crippen LogP contribution in [0.3, 0.4) is 0 Å². The molecular weight excluding hydrogens is 442 g/mol. The summed E-state index contributed by atoms with van der Waals surface area (Å²) in [5, 5.41) is 2.61. The van der Waals surface area contributed by atoms with E-state index in [1.807, 2.05) is 0 Å². The summed E-state index contributed by atoms with van der Waals surface area (Å²) in [5.74, 6) is 0.462. The normalized spacial score (nSPS) is 19.9. The summed E-state index contributed by atoms with van der Waals surface area (Å²) in [6.45, 7) is 4.43. The van der Waals surface area contributed by atoms with E-state index in [4.69, 9.17) is 5.73 Å². The second kappa shape index (κ2) is 9.54. The van der Waals surface area contributed by atoms with Gasteiger partial charge in [0, 0.05) is 17.8 Å². The molecule has 2 saturated carbocycles. The first kappa shape index (κ1) is 23.3. The fourth-order valence-corrected chi connectivity index (χ4v) is 6.23. The van der Waals surface area contributed by atoms with Crippen molar-refractivity contribution < 1.29 is 13.2 Å². The summed E-state index contributed by atoms with van der Waals surface area (Å²) in [7, 11) is -3.69. The lowest BCUT2D eigenvalue weighted by Crippen LogP contribution is -2.36. The molecule has 0 spiro atoms. The van der Waals surface area contributed by atoms with Gasteiger partial charge in [0.1, 0.15) is 11.5 Å². The molecule has 4 N–H and O–H groups in total. The molecule has 0 aromatic carbocycles. The minimum atomic E-state index is -3.69. The molecule has 3 aliphatic rings. The highest BCUT2D eigenvalue weighted by Gasteiger charge is 2.32. The van der Waals surface area contributed by atoms with Crippen LogP contribution in [0.2, 0.25) is 0 Å². The molecule has 1 amide bonds. The Kier molecular flexibility index (Phi) is 6.73. The molecule has 9 nitrogen and oxygen atoms in total. The number of pyridine rings is 1. The van der Waals surface area contributed by atoms with Gasteiger partial charge in [0.15, 0.2) is 0 Å². The number of sulfonamides is 1. The van der Waals surface area contributed by atoms with Crippen molar-refractivity contribution in [2.24, 2.45) is 16.6 Å². The number of aromatic nitrogens is 1. The van der Waals surface area contributed by atoms with Crippen LogP contribution in [0, 0.1) is 5.92 Å². The molecule has 10 heteroatoms. The number of nitrogens with one attached hydrogen (secondary N) is 2. The Balaban J connectivity index is 1.75. The molecular formula is C23H31N5O4S. The topological polar surface area (TPSA) is 136 Å². The third kappa shape index (κ3) is 5.21. The van der Waals surface area contributed by atoms with E-state index < -0.39 is 15.6 Å². The van der Waals surface area contributed by atoms with Gasteiger partial charge in [-0.1, -0.05) is 25.8 Å². The maximum atomic E-state index is 13.6. The van der Waals surface area contributed by atoms with Crippen molar-refractivity contribution >= 4 is 33.7 Å².